The van der Waals surface area contributed by atoms with E-state index in [-0.39, 0.29) is 30.8 Å². The first-order valence-corrected chi connectivity index (χ1v) is 11.4. The monoisotopic (exact) mass is 485 g/mol. The van der Waals surface area contributed by atoms with E-state index in [9.17, 15) is 23.4 Å². The number of aromatic nitrogens is 3. The van der Waals surface area contributed by atoms with Crippen molar-refractivity contribution in [2.45, 2.75) is 45.9 Å². The predicted octanol–water partition coefficient (Wildman–Crippen LogP) is 4.44. The smallest absolute Gasteiger partial charge is 0.396 e. The molecule has 2 rings (SSSR count). The van der Waals surface area contributed by atoms with Gasteiger partial charge in [0.2, 0.25) is 5.95 Å². The van der Waals surface area contributed by atoms with Gasteiger partial charge in [0, 0.05) is 25.5 Å². The van der Waals surface area contributed by atoms with E-state index in [0.717, 1.165) is 10.6 Å². The van der Waals surface area contributed by atoms with Crippen LogP contribution in [0.5, 0.6) is 0 Å². The molecule has 2 aromatic rings. The highest BCUT2D eigenvalue weighted by Gasteiger charge is 2.28. The zero-order valence-corrected chi connectivity index (χ0v) is 19.7. The van der Waals surface area contributed by atoms with E-state index in [1.54, 1.807) is 13.0 Å². The van der Waals surface area contributed by atoms with Gasteiger partial charge in [-0.25, -0.2) is 9.97 Å². The first kappa shape index (κ1) is 26.7. The minimum atomic E-state index is -4.43. The molecule has 2 atom stereocenters. The minimum absolute atomic E-state index is 0.0480. The number of aliphatic hydroxyl groups is 2. The maximum absolute atomic E-state index is 12.7. The molecule has 0 aliphatic carbocycles. The Kier molecular flexibility index (Phi) is 9.81. The summed E-state index contributed by atoms with van der Waals surface area (Å²) in [5.74, 6) is -0.276. The summed E-state index contributed by atoms with van der Waals surface area (Å²) >= 11 is 1.38. The fraction of sp³-hybridized carbons (Fsp3) is 0.500. The number of aryl methyl sites for hydroxylation is 1. The SMILES string of the molecule is C=Cc1sc(-c2c(C)nc(NCC(F)(F)F)nc2NC[C@H](O)C(CC)CO)nc1C/C=C\C. The van der Waals surface area contributed by atoms with Crippen LogP contribution >= 0.6 is 11.3 Å². The number of thiazole rings is 1. The number of anilines is 2. The lowest BCUT2D eigenvalue weighted by atomic mass is 10.0. The van der Waals surface area contributed by atoms with E-state index in [2.05, 4.69) is 27.2 Å². The molecule has 0 saturated heterocycles. The van der Waals surface area contributed by atoms with Gasteiger partial charge >= 0.3 is 6.18 Å². The summed E-state index contributed by atoms with van der Waals surface area (Å²) in [6.07, 6.45) is 1.46. The van der Waals surface area contributed by atoms with Crippen molar-refractivity contribution < 1.29 is 23.4 Å². The van der Waals surface area contributed by atoms with Crippen LogP contribution < -0.4 is 10.6 Å². The largest absolute Gasteiger partial charge is 0.405 e. The molecule has 4 N–H and O–H groups in total. The molecule has 33 heavy (non-hydrogen) atoms. The summed E-state index contributed by atoms with van der Waals surface area (Å²) in [5.41, 5.74) is 1.79. The molecule has 182 valence electrons. The Morgan fingerprint density at radius 1 is 1.21 bits per heavy atom. The van der Waals surface area contributed by atoms with Gasteiger partial charge < -0.3 is 20.8 Å². The van der Waals surface area contributed by atoms with Gasteiger partial charge in [-0.05, 0) is 20.3 Å². The van der Waals surface area contributed by atoms with E-state index in [0.29, 0.717) is 29.1 Å². The van der Waals surface area contributed by atoms with Gasteiger partial charge in [-0.1, -0.05) is 31.7 Å². The lowest BCUT2D eigenvalue weighted by molar-refractivity contribution is -0.115. The molecule has 0 aliphatic heterocycles. The van der Waals surface area contributed by atoms with E-state index < -0.39 is 18.8 Å². The summed E-state index contributed by atoms with van der Waals surface area (Å²) in [4.78, 5) is 14.0. The molecule has 0 aliphatic rings. The number of nitrogens with zero attached hydrogens (tertiary/aromatic N) is 3. The second kappa shape index (κ2) is 12.1. The molecule has 0 aromatic carbocycles. The van der Waals surface area contributed by atoms with Crippen LogP contribution in [0.4, 0.5) is 24.9 Å². The molecule has 0 bridgehead atoms. The lowest BCUT2D eigenvalue weighted by Gasteiger charge is -2.21. The number of alkyl halides is 3. The lowest BCUT2D eigenvalue weighted by Crippen LogP contribution is -2.31. The quantitative estimate of drug-likeness (QED) is 0.330. The van der Waals surface area contributed by atoms with Gasteiger partial charge in [0.25, 0.3) is 0 Å². The number of allylic oxidation sites excluding steroid dienone is 2. The number of hydrogen-bond acceptors (Lipinski definition) is 8. The van der Waals surface area contributed by atoms with Gasteiger partial charge in [0.1, 0.15) is 17.4 Å². The number of nitrogens with one attached hydrogen (secondary N) is 2. The Hall–Kier alpha value is -2.50. The van der Waals surface area contributed by atoms with Crippen LogP contribution in [0, 0.1) is 12.8 Å². The summed E-state index contributed by atoms with van der Waals surface area (Å²) in [5, 5.41) is 25.7. The topological polar surface area (TPSA) is 103 Å². The first-order valence-electron chi connectivity index (χ1n) is 10.6. The van der Waals surface area contributed by atoms with Crippen LogP contribution in [0.2, 0.25) is 0 Å². The first-order chi connectivity index (χ1) is 15.6. The third kappa shape index (κ3) is 7.51. The van der Waals surface area contributed by atoms with Crippen molar-refractivity contribution in [1.29, 1.82) is 0 Å². The van der Waals surface area contributed by atoms with E-state index >= 15 is 0 Å². The highest BCUT2D eigenvalue weighted by Crippen LogP contribution is 2.36. The third-order valence-corrected chi connectivity index (χ3v) is 6.10. The average Bonchev–Trinajstić information content (AvgIpc) is 3.17. The van der Waals surface area contributed by atoms with Crippen LogP contribution in [0.15, 0.2) is 18.7 Å². The Bertz CT molecular complexity index is 958. The highest BCUT2D eigenvalue weighted by molar-refractivity contribution is 7.16. The number of aliphatic hydroxyl groups excluding tert-OH is 2. The maximum atomic E-state index is 12.7. The van der Waals surface area contributed by atoms with Crippen molar-refractivity contribution in [1.82, 2.24) is 15.0 Å². The van der Waals surface area contributed by atoms with Crippen LogP contribution in [0.25, 0.3) is 16.6 Å². The molecule has 2 aromatic heterocycles. The zero-order valence-electron chi connectivity index (χ0n) is 18.9. The molecule has 1 unspecified atom stereocenters. The van der Waals surface area contributed by atoms with Crippen molar-refractivity contribution in [3.63, 3.8) is 0 Å². The van der Waals surface area contributed by atoms with E-state index in [1.807, 2.05) is 26.0 Å². The van der Waals surface area contributed by atoms with Gasteiger partial charge in [0.05, 0.1) is 27.9 Å². The Labute approximate surface area is 195 Å². The average molecular weight is 486 g/mol. The van der Waals surface area contributed by atoms with Crippen LogP contribution in [-0.2, 0) is 6.42 Å². The molecule has 11 heteroatoms. The Morgan fingerprint density at radius 3 is 2.52 bits per heavy atom. The summed E-state index contributed by atoms with van der Waals surface area (Å²) in [7, 11) is 0. The maximum Gasteiger partial charge on any atom is 0.405 e. The van der Waals surface area contributed by atoms with Crippen molar-refractivity contribution in [2.75, 3.05) is 30.3 Å². The van der Waals surface area contributed by atoms with Crippen molar-refractivity contribution in [2.24, 2.45) is 5.92 Å². The normalized spacial score (nSPS) is 13.8. The van der Waals surface area contributed by atoms with Crippen molar-refractivity contribution in [3.05, 3.63) is 35.0 Å². The van der Waals surface area contributed by atoms with E-state index in [1.165, 1.54) is 11.3 Å². The fourth-order valence-corrected chi connectivity index (χ4v) is 4.15. The molecule has 2 heterocycles. The summed E-state index contributed by atoms with van der Waals surface area (Å²) in [6, 6.07) is 0. The second-order valence-electron chi connectivity index (χ2n) is 7.43. The minimum Gasteiger partial charge on any atom is -0.396 e. The van der Waals surface area contributed by atoms with E-state index in [4.69, 9.17) is 4.98 Å². The molecular weight excluding hydrogens is 455 g/mol. The molecule has 0 amide bonds. The standard InChI is InChI=1S/C22H30F3N5O2S/c1-5-8-9-15-17(7-3)33-20(29-15)18-13(4)28-21(27-12-22(23,24)25)30-19(18)26-10-16(32)14(6-2)11-31/h5,7-8,14,16,31-32H,3,6,9-12H2,1-2,4H3,(H2,26,27,28,30)/b8-5-/t14?,16-/m0/s1. The Morgan fingerprint density at radius 2 is 1.94 bits per heavy atom. The van der Waals surface area contributed by atoms with Gasteiger partial charge in [-0.15, -0.1) is 11.3 Å². The third-order valence-electron chi connectivity index (χ3n) is 4.99. The van der Waals surface area contributed by atoms with Crippen molar-refractivity contribution >= 4 is 29.2 Å². The molecule has 0 spiro atoms. The van der Waals surface area contributed by atoms with Gasteiger partial charge in [-0.2, -0.15) is 18.2 Å². The number of rotatable bonds is 12. The fourth-order valence-electron chi connectivity index (χ4n) is 3.11. The van der Waals surface area contributed by atoms with Gasteiger partial charge in [-0.3, -0.25) is 0 Å². The summed E-state index contributed by atoms with van der Waals surface area (Å²) < 4.78 is 38.0. The second-order valence-corrected chi connectivity index (χ2v) is 8.46. The molecular formula is C22H30F3N5O2S. The molecule has 0 fully saturated rings. The zero-order chi connectivity index (χ0) is 24.6. The molecule has 7 nitrogen and oxygen atoms in total. The highest BCUT2D eigenvalue weighted by atomic mass is 32.1. The Balaban J connectivity index is 2.47. The van der Waals surface area contributed by atoms with Gasteiger partial charge in [0.15, 0.2) is 0 Å². The van der Waals surface area contributed by atoms with Crippen LogP contribution in [0.1, 0.15) is 36.5 Å². The van der Waals surface area contributed by atoms with Crippen molar-refractivity contribution in [3.8, 4) is 10.6 Å². The van der Waals surface area contributed by atoms with Crippen LogP contribution in [0.3, 0.4) is 0 Å². The number of hydrogen-bond donors (Lipinski definition) is 4. The number of halogens is 3. The predicted molar refractivity (Wildman–Crippen MR) is 126 cm³/mol. The summed E-state index contributed by atoms with van der Waals surface area (Å²) in [6.45, 7) is 7.85. The molecule has 0 radical (unpaired) electrons. The molecule has 0 saturated carbocycles. The van der Waals surface area contributed by atoms with Crippen LogP contribution in [-0.4, -0.2) is 57.1 Å².